The quantitative estimate of drug-likeness (QED) is 0.658. The minimum Gasteiger partial charge on any atom is -0.483 e. The fourth-order valence-corrected chi connectivity index (χ4v) is 1.79. The molecular weight excluding hydrogens is 186 g/mol. The molecule has 1 aromatic carbocycles. The fraction of sp³-hybridized carbons (Fsp3) is 0.385. The first-order chi connectivity index (χ1) is 6.91. The van der Waals surface area contributed by atoms with Gasteiger partial charge in [-0.25, -0.2) is 0 Å². The van der Waals surface area contributed by atoms with Gasteiger partial charge in [-0.1, -0.05) is 6.08 Å². The first kappa shape index (κ1) is 10.1. The van der Waals surface area contributed by atoms with E-state index in [-0.39, 0.29) is 5.60 Å². The molecule has 0 radical (unpaired) electrons. The van der Waals surface area contributed by atoms with Gasteiger partial charge in [0.15, 0.2) is 0 Å². The second-order valence-corrected chi connectivity index (χ2v) is 4.67. The minimum absolute atomic E-state index is 0.222. The molecule has 2 N–H and O–H groups in total. The maximum absolute atomic E-state index is 5.94. The lowest BCUT2D eigenvalue weighted by Crippen LogP contribution is -2.28. The summed E-state index contributed by atoms with van der Waals surface area (Å²) in [6.45, 7) is 8.19. The van der Waals surface area contributed by atoms with E-state index in [1.165, 1.54) is 0 Å². The van der Waals surface area contributed by atoms with Gasteiger partial charge in [0.05, 0.1) is 0 Å². The molecule has 2 heteroatoms. The highest BCUT2D eigenvalue weighted by Crippen LogP contribution is 2.37. The van der Waals surface area contributed by atoms with Gasteiger partial charge in [0.1, 0.15) is 11.4 Å². The number of nitrogen functional groups attached to an aromatic ring is 1. The Balaban J connectivity index is 2.63. The van der Waals surface area contributed by atoms with Gasteiger partial charge in [0.25, 0.3) is 0 Å². The van der Waals surface area contributed by atoms with Crippen LogP contribution in [0.5, 0.6) is 5.75 Å². The number of ether oxygens (including phenoxy) is 1. The van der Waals surface area contributed by atoms with Crippen LogP contribution in [-0.2, 0) is 0 Å². The van der Waals surface area contributed by atoms with Crippen LogP contribution in [0, 0.1) is 13.8 Å². The van der Waals surface area contributed by atoms with E-state index in [0.717, 1.165) is 28.1 Å². The second kappa shape index (κ2) is 3.02. The summed E-state index contributed by atoms with van der Waals surface area (Å²) < 4.78 is 5.94. The molecule has 0 fully saturated rings. The molecule has 0 unspecified atom stereocenters. The first-order valence-corrected chi connectivity index (χ1v) is 5.18. The zero-order chi connectivity index (χ0) is 11.2. The third-order valence-electron chi connectivity index (χ3n) is 2.94. The van der Waals surface area contributed by atoms with Crippen molar-refractivity contribution in [3.8, 4) is 5.75 Å². The topological polar surface area (TPSA) is 35.2 Å². The molecule has 0 spiro atoms. The first-order valence-electron chi connectivity index (χ1n) is 5.18. The number of anilines is 1. The Morgan fingerprint density at radius 2 is 1.87 bits per heavy atom. The largest absolute Gasteiger partial charge is 0.483 e. The standard InChI is InChI=1S/C13H17NO/c1-8-9(2)12-10(7-11(8)14)5-6-13(3,4)15-12/h5-7H,14H2,1-4H3. The Morgan fingerprint density at radius 1 is 1.20 bits per heavy atom. The molecule has 0 aliphatic carbocycles. The van der Waals surface area contributed by atoms with Crippen molar-refractivity contribution >= 4 is 11.8 Å². The van der Waals surface area contributed by atoms with Gasteiger partial charge < -0.3 is 10.5 Å². The van der Waals surface area contributed by atoms with E-state index < -0.39 is 0 Å². The monoisotopic (exact) mass is 203 g/mol. The van der Waals surface area contributed by atoms with E-state index in [1.54, 1.807) is 0 Å². The second-order valence-electron chi connectivity index (χ2n) is 4.67. The van der Waals surface area contributed by atoms with Crippen molar-refractivity contribution in [1.29, 1.82) is 0 Å². The molecule has 1 aliphatic heterocycles. The SMILES string of the molecule is Cc1c(N)cc2c(c1C)OC(C)(C)C=C2. The average Bonchev–Trinajstić information content (AvgIpc) is 2.16. The molecule has 80 valence electrons. The van der Waals surface area contributed by atoms with Gasteiger partial charge in [-0.2, -0.15) is 0 Å². The maximum atomic E-state index is 5.94. The minimum atomic E-state index is -0.222. The Morgan fingerprint density at radius 3 is 2.53 bits per heavy atom. The Hall–Kier alpha value is -1.44. The van der Waals surface area contributed by atoms with Crippen LogP contribution in [0.3, 0.4) is 0 Å². The number of hydrogen-bond acceptors (Lipinski definition) is 2. The van der Waals surface area contributed by atoms with Gasteiger partial charge in [-0.05, 0) is 51.0 Å². The van der Waals surface area contributed by atoms with Gasteiger partial charge in [0, 0.05) is 11.3 Å². The van der Waals surface area contributed by atoms with Crippen molar-refractivity contribution in [2.75, 3.05) is 5.73 Å². The van der Waals surface area contributed by atoms with Crippen LogP contribution in [-0.4, -0.2) is 5.60 Å². The van der Waals surface area contributed by atoms with Crippen LogP contribution < -0.4 is 10.5 Å². The molecule has 2 rings (SSSR count). The van der Waals surface area contributed by atoms with E-state index in [2.05, 4.69) is 32.9 Å². The molecular formula is C13H17NO. The molecule has 0 saturated heterocycles. The van der Waals surface area contributed by atoms with E-state index in [9.17, 15) is 0 Å². The fourth-order valence-electron chi connectivity index (χ4n) is 1.79. The Bertz CT molecular complexity index is 444. The number of benzene rings is 1. The van der Waals surface area contributed by atoms with Crippen molar-refractivity contribution in [1.82, 2.24) is 0 Å². The number of nitrogens with two attached hydrogens (primary N) is 1. The molecule has 0 aromatic heterocycles. The van der Waals surface area contributed by atoms with Crippen molar-refractivity contribution in [3.63, 3.8) is 0 Å². The van der Waals surface area contributed by atoms with Crippen molar-refractivity contribution in [2.45, 2.75) is 33.3 Å². The summed E-state index contributed by atoms with van der Waals surface area (Å²) in [4.78, 5) is 0. The summed E-state index contributed by atoms with van der Waals surface area (Å²) in [5, 5.41) is 0. The Kier molecular flexibility index (Phi) is 2.03. The van der Waals surface area contributed by atoms with Crippen LogP contribution in [0.1, 0.15) is 30.5 Å². The molecule has 1 aliphatic rings. The zero-order valence-electron chi connectivity index (χ0n) is 9.72. The van der Waals surface area contributed by atoms with Crippen LogP contribution in [0.2, 0.25) is 0 Å². The lowest BCUT2D eigenvalue weighted by molar-refractivity contribution is 0.157. The molecule has 0 amide bonds. The maximum Gasteiger partial charge on any atom is 0.131 e. The number of hydrogen-bond donors (Lipinski definition) is 1. The van der Waals surface area contributed by atoms with Crippen LogP contribution >= 0.6 is 0 Å². The summed E-state index contributed by atoms with van der Waals surface area (Å²) in [7, 11) is 0. The smallest absolute Gasteiger partial charge is 0.131 e. The molecule has 0 saturated carbocycles. The molecule has 1 aromatic rings. The summed E-state index contributed by atoms with van der Waals surface area (Å²) >= 11 is 0. The summed E-state index contributed by atoms with van der Waals surface area (Å²) in [5.41, 5.74) is 9.86. The molecule has 0 bridgehead atoms. The highest BCUT2D eigenvalue weighted by Gasteiger charge is 2.24. The van der Waals surface area contributed by atoms with E-state index in [1.807, 2.05) is 13.0 Å². The lowest BCUT2D eigenvalue weighted by Gasteiger charge is -2.30. The predicted octanol–water partition coefficient (Wildman–Crippen LogP) is 3.07. The highest BCUT2D eigenvalue weighted by molar-refractivity contribution is 5.70. The van der Waals surface area contributed by atoms with Crippen LogP contribution in [0.15, 0.2) is 12.1 Å². The average molecular weight is 203 g/mol. The number of fused-ring (bicyclic) bond motifs is 1. The third-order valence-corrected chi connectivity index (χ3v) is 2.94. The summed E-state index contributed by atoms with van der Waals surface area (Å²) in [6.07, 6.45) is 4.14. The van der Waals surface area contributed by atoms with E-state index in [0.29, 0.717) is 0 Å². The molecule has 15 heavy (non-hydrogen) atoms. The molecule has 2 nitrogen and oxygen atoms in total. The van der Waals surface area contributed by atoms with Crippen molar-refractivity contribution in [2.24, 2.45) is 0 Å². The van der Waals surface area contributed by atoms with Gasteiger partial charge in [-0.3, -0.25) is 0 Å². The zero-order valence-corrected chi connectivity index (χ0v) is 9.72. The molecule has 1 heterocycles. The normalized spacial score (nSPS) is 17.1. The van der Waals surface area contributed by atoms with Crippen LogP contribution in [0.25, 0.3) is 6.08 Å². The molecule has 0 atom stereocenters. The van der Waals surface area contributed by atoms with E-state index >= 15 is 0 Å². The third kappa shape index (κ3) is 1.60. The summed E-state index contributed by atoms with van der Waals surface area (Å²) in [6, 6.07) is 1.98. The van der Waals surface area contributed by atoms with Gasteiger partial charge in [0.2, 0.25) is 0 Å². The Labute approximate surface area is 90.7 Å². The predicted molar refractivity (Wildman–Crippen MR) is 64.1 cm³/mol. The number of rotatable bonds is 0. The highest BCUT2D eigenvalue weighted by atomic mass is 16.5. The van der Waals surface area contributed by atoms with E-state index in [4.69, 9.17) is 10.5 Å². The van der Waals surface area contributed by atoms with Crippen molar-refractivity contribution in [3.05, 3.63) is 28.8 Å². The van der Waals surface area contributed by atoms with Gasteiger partial charge in [-0.15, -0.1) is 0 Å². The van der Waals surface area contributed by atoms with Crippen molar-refractivity contribution < 1.29 is 4.74 Å². The van der Waals surface area contributed by atoms with Crippen LogP contribution in [0.4, 0.5) is 5.69 Å². The van der Waals surface area contributed by atoms with Gasteiger partial charge >= 0.3 is 0 Å². The lowest BCUT2D eigenvalue weighted by atomic mass is 9.97. The summed E-state index contributed by atoms with van der Waals surface area (Å²) in [5.74, 6) is 0.967.